The molecular weight excluding hydrogens is 170 g/mol. The Morgan fingerprint density at radius 2 is 2.33 bits per heavy atom. The van der Waals surface area contributed by atoms with Crippen molar-refractivity contribution in [2.75, 3.05) is 0 Å². The van der Waals surface area contributed by atoms with E-state index in [9.17, 15) is 0 Å². The molecule has 0 saturated heterocycles. The maximum Gasteiger partial charge on any atom is 0.0844 e. The predicted molar refractivity (Wildman–Crippen MR) is 49.3 cm³/mol. The van der Waals surface area contributed by atoms with Gasteiger partial charge in [0.15, 0.2) is 0 Å². The van der Waals surface area contributed by atoms with Crippen molar-refractivity contribution in [1.82, 2.24) is 15.2 Å². The summed E-state index contributed by atoms with van der Waals surface area (Å²) < 4.78 is 1.19. The zero-order valence-corrected chi connectivity index (χ0v) is 6.93. The predicted octanol–water partition coefficient (Wildman–Crippen LogP) is 2.17. The SMILES string of the molecule is c1nc2ccc3cn[nH]c3c2s1. The molecule has 0 bridgehead atoms. The van der Waals surface area contributed by atoms with E-state index < -0.39 is 0 Å². The normalized spacial score (nSPS) is 11.3. The topological polar surface area (TPSA) is 41.6 Å². The molecule has 0 unspecified atom stereocenters. The molecule has 0 aliphatic rings. The van der Waals surface area contributed by atoms with Crippen molar-refractivity contribution < 1.29 is 0 Å². The Kier molecular flexibility index (Phi) is 1.04. The fourth-order valence-electron chi connectivity index (χ4n) is 1.33. The molecule has 0 radical (unpaired) electrons. The minimum atomic E-state index is 1.04. The first-order valence-electron chi connectivity index (χ1n) is 3.60. The van der Waals surface area contributed by atoms with E-state index in [1.807, 2.05) is 23.8 Å². The summed E-state index contributed by atoms with van der Waals surface area (Å²) >= 11 is 1.64. The van der Waals surface area contributed by atoms with Crippen LogP contribution in [0.3, 0.4) is 0 Å². The largest absolute Gasteiger partial charge is 0.276 e. The molecule has 58 valence electrons. The molecule has 1 N–H and O–H groups in total. The number of aromatic nitrogens is 3. The fourth-order valence-corrected chi connectivity index (χ4v) is 2.13. The molecule has 0 spiro atoms. The molecule has 2 aromatic heterocycles. The minimum Gasteiger partial charge on any atom is -0.276 e. The van der Waals surface area contributed by atoms with E-state index in [0.717, 1.165) is 16.4 Å². The first-order chi connectivity index (χ1) is 5.95. The minimum absolute atomic E-state index is 1.04. The highest BCUT2D eigenvalue weighted by molar-refractivity contribution is 7.17. The molecule has 3 aromatic rings. The van der Waals surface area contributed by atoms with Crippen molar-refractivity contribution in [1.29, 1.82) is 0 Å². The van der Waals surface area contributed by atoms with Gasteiger partial charge in [-0.2, -0.15) is 5.10 Å². The molecular formula is C8H5N3S. The first-order valence-corrected chi connectivity index (χ1v) is 4.48. The van der Waals surface area contributed by atoms with Gasteiger partial charge in [-0.3, -0.25) is 5.10 Å². The number of nitrogens with one attached hydrogen (secondary N) is 1. The van der Waals surface area contributed by atoms with E-state index in [1.165, 1.54) is 4.70 Å². The molecule has 0 fully saturated rings. The number of aromatic amines is 1. The summed E-state index contributed by atoms with van der Waals surface area (Å²) in [4.78, 5) is 4.22. The Balaban J connectivity index is 2.71. The summed E-state index contributed by atoms with van der Waals surface area (Å²) in [5, 5.41) is 8.10. The maximum absolute atomic E-state index is 4.22. The number of hydrogen-bond acceptors (Lipinski definition) is 3. The Hall–Kier alpha value is -1.42. The lowest BCUT2D eigenvalue weighted by molar-refractivity contribution is 1.12. The van der Waals surface area contributed by atoms with Crippen molar-refractivity contribution in [3.05, 3.63) is 23.8 Å². The summed E-state index contributed by atoms with van der Waals surface area (Å²) in [5.41, 5.74) is 3.98. The van der Waals surface area contributed by atoms with Crippen LogP contribution in [0.25, 0.3) is 21.1 Å². The van der Waals surface area contributed by atoms with Gasteiger partial charge in [-0.15, -0.1) is 11.3 Å². The van der Waals surface area contributed by atoms with Gasteiger partial charge in [0, 0.05) is 5.39 Å². The van der Waals surface area contributed by atoms with Gasteiger partial charge in [0.25, 0.3) is 0 Å². The lowest BCUT2D eigenvalue weighted by atomic mass is 10.2. The van der Waals surface area contributed by atoms with Gasteiger partial charge >= 0.3 is 0 Å². The standard InChI is InChI=1S/C8H5N3S/c1-2-6-8(12-4-9-6)7-5(1)3-10-11-7/h1-4H,(H,10,11). The van der Waals surface area contributed by atoms with Crippen molar-refractivity contribution in [2.24, 2.45) is 0 Å². The second kappa shape index (κ2) is 2.04. The average molecular weight is 175 g/mol. The Bertz CT molecular complexity index is 487. The Morgan fingerprint density at radius 1 is 1.33 bits per heavy atom. The second-order valence-corrected chi connectivity index (χ2v) is 3.46. The number of fused-ring (bicyclic) bond motifs is 3. The van der Waals surface area contributed by atoms with Crippen LogP contribution in [0.2, 0.25) is 0 Å². The van der Waals surface area contributed by atoms with E-state index >= 15 is 0 Å². The van der Waals surface area contributed by atoms with Crippen LogP contribution in [0.1, 0.15) is 0 Å². The van der Waals surface area contributed by atoms with Crippen LogP contribution in [0.5, 0.6) is 0 Å². The van der Waals surface area contributed by atoms with Gasteiger partial charge in [0.1, 0.15) is 0 Å². The van der Waals surface area contributed by atoms with E-state index in [-0.39, 0.29) is 0 Å². The van der Waals surface area contributed by atoms with Crippen LogP contribution in [0.15, 0.2) is 23.8 Å². The molecule has 3 nitrogen and oxygen atoms in total. The molecule has 12 heavy (non-hydrogen) atoms. The number of hydrogen-bond donors (Lipinski definition) is 1. The van der Waals surface area contributed by atoms with Gasteiger partial charge in [-0.25, -0.2) is 4.98 Å². The number of thiazole rings is 1. The number of benzene rings is 1. The van der Waals surface area contributed by atoms with Crippen molar-refractivity contribution in [2.45, 2.75) is 0 Å². The zero-order chi connectivity index (χ0) is 7.97. The summed E-state index contributed by atoms with van der Waals surface area (Å²) in [6.07, 6.45) is 1.83. The number of H-pyrrole nitrogens is 1. The quantitative estimate of drug-likeness (QED) is 0.569. The van der Waals surface area contributed by atoms with Gasteiger partial charge in [0.2, 0.25) is 0 Å². The molecule has 0 aliphatic carbocycles. The Morgan fingerprint density at radius 3 is 3.33 bits per heavy atom. The molecule has 0 atom stereocenters. The summed E-state index contributed by atoms with van der Waals surface area (Å²) in [7, 11) is 0. The summed E-state index contributed by atoms with van der Waals surface area (Å²) in [6, 6.07) is 4.05. The third kappa shape index (κ3) is 0.648. The summed E-state index contributed by atoms with van der Waals surface area (Å²) in [6.45, 7) is 0. The average Bonchev–Trinajstić information content (AvgIpc) is 2.71. The molecule has 0 aliphatic heterocycles. The van der Waals surface area contributed by atoms with Crippen LogP contribution in [-0.2, 0) is 0 Å². The van der Waals surface area contributed by atoms with Gasteiger partial charge < -0.3 is 0 Å². The maximum atomic E-state index is 4.22. The smallest absolute Gasteiger partial charge is 0.0844 e. The van der Waals surface area contributed by atoms with Crippen LogP contribution >= 0.6 is 11.3 Å². The van der Waals surface area contributed by atoms with Gasteiger partial charge in [-0.05, 0) is 12.1 Å². The molecule has 0 saturated carbocycles. The second-order valence-electron chi connectivity index (χ2n) is 2.60. The van der Waals surface area contributed by atoms with Crippen LogP contribution in [0, 0.1) is 0 Å². The highest BCUT2D eigenvalue weighted by Crippen LogP contribution is 2.25. The summed E-state index contributed by atoms with van der Waals surface area (Å²) in [5.74, 6) is 0. The first kappa shape index (κ1) is 6.14. The fraction of sp³-hybridized carbons (Fsp3) is 0. The monoisotopic (exact) mass is 175 g/mol. The highest BCUT2D eigenvalue weighted by Gasteiger charge is 2.02. The molecule has 2 heterocycles. The van der Waals surface area contributed by atoms with Crippen LogP contribution < -0.4 is 0 Å². The highest BCUT2D eigenvalue weighted by atomic mass is 32.1. The number of nitrogens with zero attached hydrogens (tertiary/aromatic N) is 2. The third-order valence-corrected chi connectivity index (χ3v) is 2.77. The lowest BCUT2D eigenvalue weighted by Crippen LogP contribution is -1.69. The van der Waals surface area contributed by atoms with E-state index in [1.54, 1.807) is 11.3 Å². The van der Waals surface area contributed by atoms with Crippen molar-refractivity contribution in [3.8, 4) is 0 Å². The van der Waals surface area contributed by atoms with E-state index in [0.29, 0.717) is 0 Å². The molecule has 3 rings (SSSR count). The zero-order valence-electron chi connectivity index (χ0n) is 6.11. The Labute approximate surface area is 72.1 Å². The van der Waals surface area contributed by atoms with E-state index in [4.69, 9.17) is 0 Å². The van der Waals surface area contributed by atoms with Gasteiger partial charge in [-0.1, -0.05) is 0 Å². The number of rotatable bonds is 0. The third-order valence-electron chi connectivity index (χ3n) is 1.91. The lowest BCUT2D eigenvalue weighted by Gasteiger charge is -1.88. The molecule has 0 amide bonds. The van der Waals surface area contributed by atoms with E-state index in [2.05, 4.69) is 15.2 Å². The van der Waals surface area contributed by atoms with Crippen LogP contribution in [-0.4, -0.2) is 15.2 Å². The van der Waals surface area contributed by atoms with Crippen molar-refractivity contribution >= 4 is 32.5 Å². The van der Waals surface area contributed by atoms with Gasteiger partial charge in [0.05, 0.1) is 27.4 Å². The van der Waals surface area contributed by atoms with Crippen LogP contribution in [0.4, 0.5) is 0 Å². The molecule has 4 heteroatoms. The molecule has 1 aromatic carbocycles. The van der Waals surface area contributed by atoms with Crippen molar-refractivity contribution in [3.63, 3.8) is 0 Å².